The lowest BCUT2D eigenvalue weighted by Gasteiger charge is -2.24. The predicted octanol–water partition coefficient (Wildman–Crippen LogP) is 2.93. The summed E-state index contributed by atoms with van der Waals surface area (Å²) in [6.07, 6.45) is 1.80. The number of fused-ring (bicyclic) bond motifs is 2. The van der Waals surface area contributed by atoms with Crippen LogP contribution in [-0.4, -0.2) is 37.2 Å². The van der Waals surface area contributed by atoms with Gasteiger partial charge in [-0.1, -0.05) is 55.0 Å². The Hall–Kier alpha value is -3.98. The molecule has 2 aliphatic heterocycles. The summed E-state index contributed by atoms with van der Waals surface area (Å²) in [6, 6.07) is 14.0. The zero-order valence-electron chi connectivity index (χ0n) is 21.1. The molecule has 9 heteroatoms. The molecule has 3 aromatic rings. The number of thiazole rings is 1. The quantitative estimate of drug-likeness (QED) is 0.469. The molecule has 190 valence electrons. The van der Waals surface area contributed by atoms with Crippen molar-refractivity contribution in [2.75, 3.05) is 25.7 Å². The van der Waals surface area contributed by atoms with Gasteiger partial charge in [-0.15, -0.1) is 0 Å². The van der Waals surface area contributed by atoms with Gasteiger partial charge >= 0.3 is 5.97 Å². The third kappa shape index (κ3) is 3.99. The average molecular weight is 518 g/mol. The van der Waals surface area contributed by atoms with Crippen LogP contribution < -0.4 is 24.5 Å². The number of ether oxygens (including phenoxy) is 2. The van der Waals surface area contributed by atoms with Gasteiger partial charge in [-0.05, 0) is 37.1 Å². The lowest BCUT2D eigenvalue weighted by Crippen LogP contribution is -2.40. The topological polar surface area (TPSA) is 90.2 Å². The summed E-state index contributed by atoms with van der Waals surface area (Å²) in [5, 5.41) is 0. The summed E-state index contributed by atoms with van der Waals surface area (Å²) >= 11 is 1.17. The van der Waals surface area contributed by atoms with Gasteiger partial charge in [0.15, 0.2) is 4.80 Å². The van der Waals surface area contributed by atoms with Gasteiger partial charge in [-0.3, -0.25) is 14.2 Å². The molecule has 0 saturated heterocycles. The Bertz CT molecular complexity index is 1610. The second kappa shape index (κ2) is 9.82. The van der Waals surface area contributed by atoms with Crippen molar-refractivity contribution in [2.24, 2.45) is 4.99 Å². The van der Waals surface area contributed by atoms with E-state index in [1.807, 2.05) is 36.4 Å². The van der Waals surface area contributed by atoms with Gasteiger partial charge < -0.3 is 14.4 Å². The summed E-state index contributed by atoms with van der Waals surface area (Å²) in [4.78, 5) is 47.4. The first-order valence-corrected chi connectivity index (χ1v) is 12.9. The molecule has 5 rings (SSSR count). The van der Waals surface area contributed by atoms with Crippen molar-refractivity contribution in [3.8, 4) is 5.75 Å². The highest BCUT2D eigenvalue weighted by Crippen LogP contribution is 2.36. The van der Waals surface area contributed by atoms with E-state index >= 15 is 0 Å². The van der Waals surface area contributed by atoms with Gasteiger partial charge in [0.1, 0.15) is 10.3 Å². The molecule has 0 bridgehead atoms. The number of rotatable bonds is 6. The van der Waals surface area contributed by atoms with E-state index < -0.39 is 12.0 Å². The van der Waals surface area contributed by atoms with E-state index in [9.17, 15) is 14.4 Å². The smallest absolute Gasteiger partial charge is 0.338 e. The van der Waals surface area contributed by atoms with Gasteiger partial charge in [0.2, 0.25) is 0 Å². The van der Waals surface area contributed by atoms with Crippen molar-refractivity contribution in [1.82, 2.24) is 4.57 Å². The predicted molar refractivity (Wildman–Crippen MR) is 141 cm³/mol. The minimum atomic E-state index is -0.758. The number of esters is 1. The monoisotopic (exact) mass is 517 g/mol. The fourth-order valence-electron chi connectivity index (χ4n) is 4.88. The number of carbonyl (C=O) groups is 2. The fraction of sp³-hybridized carbons (Fsp3) is 0.286. The number of methoxy groups -OCH3 is 2. The zero-order valence-corrected chi connectivity index (χ0v) is 21.9. The first kappa shape index (κ1) is 24.7. The van der Waals surface area contributed by atoms with E-state index in [-0.39, 0.29) is 17.0 Å². The van der Waals surface area contributed by atoms with Gasteiger partial charge in [-0.25, -0.2) is 9.79 Å². The molecule has 0 N–H and O–H groups in total. The number of unbranched alkanes of at least 4 members (excludes halogenated alkanes) is 1. The maximum atomic E-state index is 14.1. The Kier molecular flexibility index (Phi) is 6.55. The molecule has 37 heavy (non-hydrogen) atoms. The van der Waals surface area contributed by atoms with Crippen molar-refractivity contribution in [1.29, 1.82) is 0 Å². The SMILES string of the molecule is CCCCN1C(=O)C(=c2sc3n(c2=O)[C@@H](c2ccc(OC)cc2)C(C(=O)OC)=C(C)N=3)c2ccccc21. The van der Waals surface area contributed by atoms with Crippen molar-refractivity contribution in [3.63, 3.8) is 0 Å². The molecule has 8 nitrogen and oxygen atoms in total. The Balaban J connectivity index is 1.78. The van der Waals surface area contributed by atoms with E-state index in [1.165, 1.54) is 23.0 Å². The number of aromatic nitrogens is 1. The molecule has 2 aliphatic rings. The molecule has 0 unspecified atom stereocenters. The third-order valence-corrected chi connectivity index (χ3v) is 7.77. The van der Waals surface area contributed by atoms with E-state index in [1.54, 1.807) is 31.1 Å². The van der Waals surface area contributed by atoms with Crippen molar-refractivity contribution >= 4 is 34.5 Å². The molecular formula is C28H27N3O5S. The summed E-state index contributed by atoms with van der Waals surface area (Å²) < 4.78 is 12.2. The molecule has 2 aromatic carbocycles. The van der Waals surface area contributed by atoms with Crippen LogP contribution in [0.25, 0.3) is 5.57 Å². The summed E-state index contributed by atoms with van der Waals surface area (Å²) in [5.41, 5.74) is 3.00. The van der Waals surface area contributed by atoms with Gasteiger partial charge in [0.25, 0.3) is 11.5 Å². The van der Waals surface area contributed by atoms with Crippen LogP contribution in [0.15, 0.2) is 69.6 Å². The maximum absolute atomic E-state index is 14.1. The number of allylic oxidation sites excluding steroid dienone is 1. The van der Waals surface area contributed by atoms with E-state index in [4.69, 9.17) is 9.47 Å². The van der Waals surface area contributed by atoms with E-state index in [2.05, 4.69) is 11.9 Å². The minimum Gasteiger partial charge on any atom is -0.497 e. The Morgan fingerprint density at radius 2 is 1.81 bits per heavy atom. The van der Waals surface area contributed by atoms with Crippen LogP contribution in [0.4, 0.5) is 5.69 Å². The Labute approximate surface area is 217 Å². The highest BCUT2D eigenvalue weighted by Gasteiger charge is 2.37. The number of nitrogens with zero attached hydrogens (tertiary/aromatic N) is 3. The third-order valence-electron chi connectivity index (χ3n) is 6.72. The van der Waals surface area contributed by atoms with Crippen LogP contribution in [0.5, 0.6) is 5.75 Å². The summed E-state index contributed by atoms with van der Waals surface area (Å²) in [6.45, 7) is 4.38. The molecule has 3 heterocycles. The lowest BCUT2D eigenvalue weighted by atomic mass is 9.96. The summed E-state index contributed by atoms with van der Waals surface area (Å²) in [7, 11) is 2.88. The van der Waals surface area contributed by atoms with Crippen molar-refractivity contribution < 1.29 is 19.1 Å². The Morgan fingerprint density at radius 3 is 2.49 bits per heavy atom. The van der Waals surface area contributed by atoms with E-state index in [0.29, 0.717) is 38.5 Å². The van der Waals surface area contributed by atoms with E-state index in [0.717, 1.165) is 24.1 Å². The molecule has 1 aromatic heterocycles. The van der Waals surface area contributed by atoms with Gasteiger partial charge in [0.05, 0.1) is 42.8 Å². The molecule has 0 fully saturated rings. The molecule has 0 saturated carbocycles. The Morgan fingerprint density at radius 1 is 1.08 bits per heavy atom. The lowest BCUT2D eigenvalue weighted by molar-refractivity contribution is -0.136. The number of anilines is 1. The number of hydrogen-bond donors (Lipinski definition) is 0. The molecule has 0 aliphatic carbocycles. The van der Waals surface area contributed by atoms with Crippen LogP contribution in [-0.2, 0) is 14.3 Å². The molecule has 1 atom stereocenters. The van der Waals surface area contributed by atoms with Crippen LogP contribution >= 0.6 is 11.3 Å². The minimum absolute atomic E-state index is 0.190. The molecule has 0 spiro atoms. The van der Waals surface area contributed by atoms with Crippen molar-refractivity contribution in [2.45, 2.75) is 32.7 Å². The second-order valence-corrected chi connectivity index (χ2v) is 9.85. The molecule has 0 radical (unpaired) electrons. The number of para-hydroxylation sites is 1. The van der Waals surface area contributed by atoms with Gasteiger partial charge in [-0.2, -0.15) is 0 Å². The summed E-state index contributed by atoms with van der Waals surface area (Å²) in [5.74, 6) is -0.100. The number of hydrogen-bond acceptors (Lipinski definition) is 7. The van der Waals surface area contributed by atoms with Crippen molar-refractivity contribution in [3.05, 3.63) is 90.6 Å². The largest absolute Gasteiger partial charge is 0.497 e. The first-order valence-electron chi connectivity index (χ1n) is 12.1. The fourth-order valence-corrected chi connectivity index (χ4v) is 6.02. The first-order chi connectivity index (χ1) is 17.9. The standard InChI is InChI=1S/C28H27N3O5S/c1-5-6-15-30-20-10-8-7-9-19(20)22(25(30)32)24-26(33)31-23(17-11-13-18(35-3)14-12-17)21(27(34)36-4)16(2)29-28(31)37-24/h7-14,23H,5-6,15H2,1-4H3/t23-/m0/s1. The van der Waals surface area contributed by atoms with Crippen LogP contribution in [0.3, 0.4) is 0 Å². The normalized spacial score (nSPS) is 17.9. The second-order valence-electron chi connectivity index (χ2n) is 8.87. The zero-order chi connectivity index (χ0) is 26.3. The number of benzene rings is 2. The van der Waals surface area contributed by atoms with Crippen LogP contribution in [0, 0.1) is 0 Å². The highest BCUT2D eigenvalue weighted by molar-refractivity contribution is 7.07. The molecule has 1 amide bonds. The van der Waals surface area contributed by atoms with Crippen LogP contribution in [0.2, 0.25) is 0 Å². The number of carbonyl (C=O) groups excluding carboxylic acids is 2. The maximum Gasteiger partial charge on any atom is 0.338 e. The molecular weight excluding hydrogens is 490 g/mol. The average Bonchev–Trinajstić information content (AvgIpc) is 3.38. The number of amides is 1. The van der Waals surface area contributed by atoms with Crippen LogP contribution in [0.1, 0.15) is 43.9 Å². The van der Waals surface area contributed by atoms with Gasteiger partial charge in [0, 0.05) is 12.1 Å². The highest BCUT2D eigenvalue weighted by atomic mass is 32.1.